The second kappa shape index (κ2) is 8.44. The van der Waals surface area contributed by atoms with Crippen molar-refractivity contribution < 1.29 is 19.2 Å². The molecule has 1 aromatic carbocycles. The zero-order valence-corrected chi connectivity index (χ0v) is 15.6. The average Bonchev–Trinajstić information content (AvgIpc) is 3.40. The van der Waals surface area contributed by atoms with Crippen molar-refractivity contribution in [3.8, 4) is 5.69 Å². The molecule has 10 heteroatoms. The fourth-order valence-corrected chi connectivity index (χ4v) is 3.41. The van der Waals surface area contributed by atoms with E-state index < -0.39 is 22.8 Å². The molecule has 0 bridgehead atoms. The Labute approximate surface area is 163 Å². The lowest BCUT2D eigenvalue weighted by Gasteiger charge is -2.16. The molecule has 0 spiro atoms. The van der Waals surface area contributed by atoms with Crippen LogP contribution in [-0.2, 0) is 9.53 Å². The number of nitro benzene ring substituents is 1. The van der Waals surface area contributed by atoms with Crippen molar-refractivity contribution in [3.05, 3.63) is 75.0 Å². The van der Waals surface area contributed by atoms with E-state index in [9.17, 15) is 19.7 Å². The maximum absolute atomic E-state index is 12.7. The first-order valence-corrected chi connectivity index (χ1v) is 9.05. The summed E-state index contributed by atoms with van der Waals surface area (Å²) >= 11 is 1.39. The van der Waals surface area contributed by atoms with Crippen LogP contribution in [0.1, 0.15) is 27.7 Å². The number of aromatic nitrogens is 2. The number of imidazole rings is 1. The molecule has 1 atom stereocenters. The molecule has 1 unspecified atom stereocenters. The van der Waals surface area contributed by atoms with Crippen LogP contribution >= 0.6 is 11.3 Å². The summed E-state index contributed by atoms with van der Waals surface area (Å²) in [6.45, 7) is 0. The van der Waals surface area contributed by atoms with Gasteiger partial charge in [0.05, 0.1) is 30.8 Å². The molecule has 2 heterocycles. The Morgan fingerprint density at radius 1 is 1.39 bits per heavy atom. The number of nitrogens with one attached hydrogen (secondary N) is 1. The molecule has 0 aliphatic heterocycles. The zero-order valence-electron chi connectivity index (χ0n) is 14.8. The molecule has 0 radical (unpaired) electrons. The predicted octanol–water partition coefficient (Wildman–Crippen LogP) is 2.88. The van der Waals surface area contributed by atoms with Crippen molar-refractivity contribution in [1.29, 1.82) is 0 Å². The number of hydrogen-bond acceptors (Lipinski definition) is 7. The van der Waals surface area contributed by atoms with E-state index in [0.717, 1.165) is 4.88 Å². The van der Waals surface area contributed by atoms with Crippen molar-refractivity contribution in [2.75, 3.05) is 7.11 Å². The minimum Gasteiger partial charge on any atom is -0.469 e. The molecule has 2 aromatic heterocycles. The smallest absolute Gasteiger partial charge is 0.307 e. The van der Waals surface area contributed by atoms with Crippen molar-refractivity contribution in [2.45, 2.75) is 12.5 Å². The van der Waals surface area contributed by atoms with E-state index in [2.05, 4.69) is 10.3 Å². The first kappa shape index (κ1) is 19.2. The Morgan fingerprint density at radius 2 is 2.21 bits per heavy atom. The normalized spacial score (nSPS) is 11.6. The highest BCUT2D eigenvalue weighted by Gasteiger charge is 2.23. The van der Waals surface area contributed by atoms with Gasteiger partial charge < -0.3 is 14.6 Å². The maximum Gasteiger partial charge on any atom is 0.307 e. The summed E-state index contributed by atoms with van der Waals surface area (Å²) in [6, 6.07) is 7.18. The molecule has 0 fully saturated rings. The SMILES string of the molecule is COC(=O)CC(NC(=O)c1ccc(-n2ccnc2)c([N+](=O)[O-])c1)c1cccs1. The highest BCUT2D eigenvalue weighted by atomic mass is 32.1. The third kappa shape index (κ3) is 4.23. The lowest BCUT2D eigenvalue weighted by atomic mass is 10.1. The van der Waals surface area contributed by atoms with Gasteiger partial charge in [-0.3, -0.25) is 19.7 Å². The highest BCUT2D eigenvalue weighted by Crippen LogP contribution is 2.26. The maximum atomic E-state index is 12.7. The van der Waals surface area contributed by atoms with Crippen LogP contribution in [0.3, 0.4) is 0 Å². The number of benzene rings is 1. The number of carbonyl (C=O) groups excluding carboxylic acids is 2. The number of carbonyl (C=O) groups is 2. The van der Waals surface area contributed by atoms with Gasteiger partial charge in [-0.2, -0.15) is 0 Å². The largest absolute Gasteiger partial charge is 0.469 e. The number of rotatable bonds is 7. The van der Waals surface area contributed by atoms with Crippen LogP contribution in [0.4, 0.5) is 5.69 Å². The molecule has 28 heavy (non-hydrogen) atoms. The number of ether oxygens (including phenoxy) is 1. The zero-order chi connectivity index (χ0) is 20.1. The number of nitro groups is 1. The number of amides is 1. The lowest BCUT2D eigenvalue weighted by Crippen LogP contribution is -2.30. The predicted molar refractivity (Wildman–Crippen MR) is 101 cm³/mol. The fraction of sp³-hybridized carbons (Fsp3) is 0.167. The van der Waals surface area contributed by atoms with E-state index in [-0.39, 0.29) is 17.7 Å². The van der Waals surface area contributed by atoms with Gasteiger partial charge in [0.15, 0.2) is 0 Å². The summed E-state index contributed by atoms with van der Waals surface area (Å²) in [7, 11) is 1.27. The summed E-state index contributed by atoms with van der Waals surface area (Å²) in [4.78, 5) is 39.9. The number of esters is 1. The van der Waals surface area contributed by atoms with E-state index in [1.807, 2.05) is 5.38 Å². The molecule has 3 aromatic rings. The van der Waals surface area contributed by atoms with Gasteiger partial charge in [0.1, 0.15) is 5.69 Å². The van der Waals surface area contributed by atoms with Gasteiger partial charge in [-0.25, -0.2) is 4.98 Å². The molecular weight excluding hydrogens is 384 g/mol. The van der Waals surface area contributed by atoms with E-state index >= 15 is 0 Å². The third-order valence-corrected chi connectivity index (χ3v) is 4.99. The Kier molecular flexibility index (Phi) is 5.80. The summed E-state index contributed by atoms with van der Waals surface area (Å²) in [5.74, 6) is -0.997. The summed E-state index contributed by atoms with van der Waals surface area (Å²) in [5, 5.41) is 16.0. The Morgan fingerprint density at radius 3 is 2.82 bits per heavy atom. The first-order valence-electron chi connectivity index (χ1n) is 8.17. The molecule has 3 rings (SSSR count). The minimum absolute atomic E-state index is 0.0437. The van der Waals surface area contributed by atoms with Crippen molar-refractivity contribution in [2.24, 2.45) is 0 Å². The first-order chi connectivity index (χ1) is 13.5. The number of nitrogens with zero attached hydrogens (tertiary/aromatic N) is 3. The van der Waals surface area contributed by atoms with Gasteiger partial charge in [-0.1, -0.05) is 6.07 Å². The van der Waals surface area contributed by atoms with E-state index in [0.29, 0.717) is 5.69 Å². The van der Waals surface area contributed by atoms with Gasteiger partial charge in [-0.15, -0.1) is 11.3 Å². The summed E-state index contributed by atoms with van der Waals surface area (Å²) < 4.78 is 6.18. The van der Waals surface area contributed by atoms with Crippen LogP contribution < -0.4 is 5.32 Å². The number of methoxy groups -OCH3 is 1. The van der Waals surface area contributed by atoms with Gasteiger partial charge >= 0.3 is 5.97 Å². The summed E-state index contributed by atoms with van der Waals surface area (Å²) in [6.07, 6.45) is 4.47. The molecule has 1 N–H and O–H groups in total. The molecule has 0 aliphatic carbocycles. The van der Waals surface area contributed by atoms with Gasteiger partial charge in [-0.05, 0) is 23.6 Å². The van der Waals surface area contributed by atoms with Crippen LogP contribution in [-0.4, -0.2) is 33.5 Å². The monoisotopic (exact) mass is 400 g/mol. The average molecular weight is 400 g/mol. The molecular formula is C18H16N4O5S. The van der Waals surface area contributed by atoms with Crippen LogP contribution in [0.5, 0.6) is 0 Å². The molecule has 1 amide bonds. The van der Waals surface area contributed by atoms with Gasteiger partial charge in [0, 0.05) is 28.9 Å². The highest BCUT2D eigenvalue weighted by molar-refractivity contribution is 7.10. The second-order valence-corrected chi connectivity index (χ2v) is 6.73. The number of hydrogen-bond donors (Lipinski definition) is 1. The molecule has 9 nitrogen and oxygen atoms in total. The third-order valence-electron chi connectivity index (χ3n) is 4.01. The standard InChI is InChI=1S/C18H16N4O5S/c1-27-17(23)10-13(16-3-2-8-28-16)20-18(24)12-4-5-14(15(9-12)22(25)26)21-7-6-19-11-21/h2-9,11,13H,10H2,1H3,(H,20,24). The Bertz CT molecular complexity index is 986. The van der Waals surface area contributed by atoms with E-state index in [1.54, 1.807) is 18.3 Å². The van der Waals surface area contributed by atoms with Crippen LogP contribution in [0.15, 0.2) is 54.4 Å². The van der Waals surface area contributed by atoms with Crippen molar-refractivity contribution >= 4 is 28.9 Å². The van der Waals surface area contributed by atoms with Crippen LogP contribution in [0.25, 0.3) is 5.69 Å². The van der Waals surface area contributed by atoms with E-state index in [4.69, 9.17) is 4.74 Å². The lowest BCUT2D eigenvalue weighted by molar-refractivity contribution is -0.384. The molecule has 0 saturated heterocycles. The molecule has 0 aliphatic rings. The summed E-state index contributed by atoms with van der Waals surface area (Å²) in [5.41, 5.74) is 0.177. The van der Waals surface area contributed by atoms with Gasteiger partial charge in [0.2, 0.25) is 0 Å². The minimum atomic E-state index is -0.590. The Balaban J connectivity index is 1.87. The molecule has 0 saturated carbocycles. The van der Waals surface area contributed by atoms with Crippen LogP contribution in [0.2, 0.25) is 0 Å². The fourth-order valence-electron chi connectivity index (χ4n) is 2.63. The Hall–Kier alpha value is -3.53. The van der Waals surface area contributed by atoms with Crippen molar-refractivity contribution in [1.82, 2.24) is 14.9 Å². The topological polar surface area (TPSA) is 116 Å². The molecule has 144 valence electrons. The quantitative estimate of drug-likeness (QED) is 0.370. The van der Waals surface area contributed by atoms with Crippen LogP contribution in [0, 0.1) is 10.1 Å². The van der Waals surface area contributed by atoms with E-state index in [1.165, 1.54) is 53.7 Å². The van der Waals surface area contributed by atoms with Crippen molar-refractivity contribution in [3.63, 3.8) is 0 Å². The van der Waals surface area contributed by atoms with Gasteiger partial charge in [0.25, 0.3) is 11.6 Å². The number of thiophene rings is 1. The second-order valence-electron chi connectivity index (χ2n) is 5.75.